The van der Waals surface area contributed by atoms with Gasteiger partial charge in [0.15, 0.2) is 11.6 Å². The zero-order chi connectivity index (χ0) is 14.2. The van der Waals surface area contributed by atoms with Crippen LogP contribution in [0.25, 0.3) is 0 Å². The Bertz CT molecular complexity index is 630. The SMILES string of the molecule is OC(c1ccc(F)c(Br)c1)c1cc(F)c(F)cc1F. The van der Waals surface area contributed by atoms with Crippen LogP contribution in [0.15, 0.2) is 34.8 Å². The molecule has 1 atom stereocenters. The topological polar surface area (TPSA) is 20.2 Å². The van der Waals surface area contributed by atoms with Crippen molar-refractivity contribution >= 4 is 15.9 Å². The van der Waals surface area contributed by atoms with E-state index in [0.717, 1.165) is 6.07 Å². The first-order valence-corrected chi connectivity index (χ1v) is 5.97. The molecule has 0 aliphatic heterocycles. The van der Waals surface area contributed by atoms with E-state index in [2.05, 4.69) is 15.9 Å². The van der Waals surface area contributed by atoms with Gasteiger partial charge in [-0.2, -0.15) is 0 Å². The minimum atomic E-state index is -1.52. The molecule has 6 heteroatoms. The van der Waals surface area contributed by atoms with Gasteiger partial charge >= 0.3 is 0 Å². The molecule has 19 heavy (non-hydrogen) atoms. The van der Waals surface area contributed by atoms with Crippen LogP contribution in [0.2, 0.25) is 0 Å². The van der Waals surface area contributed by atoms with Crippen LogP contribution in [-0.4, -0.2) is 5.11 Å². The molecule has 0 amide bonds. The second-order valence-electron chi connectivity index (χ2n) is 3.86. The summed E-state index contributed by atoms with van der Waals surface area (Å²) in [5.74, 6) is -4.24. The minimum absolute atomic E-state index is 0.0760. The van der Waals surface area contributed by atoms with E-state index in [1.807, 2.05) is 0 Å². The quantitative estimate of drug-likeness (QED) is 0.648. The lowest BCUT2D eigenvalue weighted by molar-refractivity contribution is 0.213. The molecule has 100 valence electrons. The van der Waals surface area contributed by atoms with Gasteiger partial charge in [0.05, 0.1) is 4.47 Å². The molecule has 0 bridgehead atoms. The van der Waals surface area contributed by atoms with Crippen LogP contribution >= 0.6 is 15.9 Å². The number of hydrogen-bond donors (Lipinski definition) is 1. The van der Waals surface area contributed by atoms with Crippen molar-refractivity contribution in [3.05, 3.63) is 69.2 Å². The van der Waals surface area contributed by atoms with Gasteiger partial charge in [0, 0.05) is 11.6 Å². The summed E-state index contributed by atoms with van der Waals surface area (Å²) in [7, 11) is 0. The third-order valence-corrected chi connectivity index (χ3v) is 3.20. The van der Waals surface area contributed by atoms with E-state index in [-0.39, 0.29) is 10.0 Å². The Morgan fingerprint density at radius 1 is 0.842 bits per heavy atom. The van der Waals surface area contributed by atoms with Gasteiger partial charge in [-0.15, -0.1) is 0 Å². The normalized spacial score (nSPS) is 12.5. The molecule has 0 aliphatic rings. The van der Waals surface area contributed by atoms with Crippen molar-refractivity contribution in [2.24, 2.45) is 0 Å². The predicted molar refractivity (Wildman–Crippen MR) is 64.5 cm³/mol. The summed E-state index contributed by atoms with van der Waals surface area (Å²) in [6, 6.07) is 4.46. The maximum atomic E-state index is 13.5. The highest BCUT2D eigenvalue weighted by atomic mass is 79.9. The Morgan fingerprint density at radius 2 is 1.47 bits per heavy atom. The lowest BCUT2D eigenvalue weighted by atomic mass is 10.0. The van der Waals surface area contributed by atoms with Gasteiger partial charge in [0.25, 0.3) is 0 Å². The number of hydrogen-bond acceptors (Lipinski definition) is 1. The van der Waals surface area contributed by atoms with Crippen LogP contribution in [0.5, 0.6) is 0 Å². The largest absolute Gasteiger partial charge is 0.384 e. The van der Waals surface area contributed by atoms with Crippen molar-refractivity contribution in [3.8, 4) is 0 Å². The molecule has 0 aromatic heterocycles. The fourth-order valence-corrected chi connectivity index (χ4v) is 2.01. The van der Waals surface area contributed by atoms with E-state index in [1.54, 1.807) is 0 Å². The molecule has 0 saturated carbocycles. The van der Waals surface area contributed by atoms with E-state index in [9.17, 15) is 22.7 Å². The first-order chi connectivity index (χ1) is 8.90. The molecular formula is C13H7BrF4O. The van der Waals surface area contributed by atoms with Crippen LogP contribution in [0.3, 0.4) is 0 Å². The second-order valence-corrected chi connectivity index (χ2v) is 4.72. The highest BCUT2D eigenvalue weighted by Gasteiger charge is 2.19. The summed E-state index contributed by atoms with van der Waals surface area (Å²) >= 11 is 2.92. The first kappa shape index (κ1) is 14.0. The van der Waals surface area contributed by atoms with Gasteiger partial charge in [0.1, 0.15) is 17.7 Å². The minimum Gasteiger partial charge on any atom is -0.384 e. The van der Waals surface area contributed by atoms with Crippen LogP contribution in [0.1, 0.15) is 17.2 Å². The molecule has 1 nitrogen and oxygen atoms in total. The van der Waals surface area contributed by atoms with Crippen molar-refractivity contribution in [3.63, 3.8) is 0 Å². The molecule has 2 rings (SSSR count). The van der Waals surface area contributed by atoms with E-state index in [1.165, 1.54) is 12.1 Å². The molecule has 0 saturated heterocycles. The van der Waals surface area contributed by atoms with Crippen LogP contribution in [0, 0.1) is 23.3 Å². The van der Waals surface area contributed by atoms with Gasteiger partial charge < -0.3 is 5.11 Å². The third kappa shape index (κ3) is 2.79. The lowest BCUT2D eigenvalue weighted by Crippen LogP contribution is -2.05. The second kappa shape index (κ2) is 5.30. The van der Waals surface area contributed by atoms with Crippen molar-refractivity contribution < 1.29 is 22.7 Å². The van der Waals surface area contributed by atoms with Gasteiger partial charge in [-0.1, -0.05) is 6.07 Å². The fraction of sp³-hybridized carbons (Fsp3) is 0.0769. The average molecular weight is 335 g/mol. The molecule has 2 aromatic carbocycles. The summed E-state index contributed by atoms with van der Waals surface area (Å²) in [5.41, 5.74) is -0.268. The third-order valence-electron chi connectivity index (χ3n) is 2.59. The van der Waals surface area contributed by atoms with Gasteiger partial charge in [-0.3, -0.25) is 0 Å². The van der Waals surface area contributed by atoms with E-state index < -0.39 is 34.9 Å². The summed E-state index contributed by atoms with van der Waals surface area (Å²) in [6.07, 6.45) is -1.52. The number of aliphatic hydroxyl groups excluding tert-OH is 1. The zero-order valence-corrected chi connectivity index (χ0v) is 10.9. The Morgan fingerprint density at radius 3 is 2.11 bits per heavy atom. The molecular weight excluding hydrogens is 328 g/mol. The van der Waals surface area contributed by atoms with Crippen molar-refractivity contribution in [2.45, 2.75) is 6.10 Å². The smallest absolute Gasteiger partial charge is 0.161 e. The highest BCUT2D eigenvalue weighted by Crippen LogP contribution is 2.28. The zero-order valence-electron chi connectivity index (χ0n) is 9.30. The lowest BCUT2D eigenvalue weighted by Gasteiger charge is -2.13. The molecule has 2 aromatic rings. The van der Waals surface area contributed by atoms with E-state index >= 15 is 0 Å². The van der Waals surface area contributed by atoms with Crippen molar-refractivity contribution in [2.75, 3.05) is 0 Å². The fourth-order valence-electron chi connectivity index (χ4n) is 1.61. The summed E-state index contributed by atoms with van der Waals surface area (Å²) < 4.78 is 52.5. The van der Waals surface area contributed by atoms with Crippen molar-refractivity contribution in [1.29, 1.82) is 0 Å². The van der Waals surface area contributed by atoms with Crippen LogP contribution in [-0.2, 0) is 0 Å². The molecule has 0 fully saturated rings. The van der Waals surface area contributed by atoms with Gasteiger partial charge in [0.2, 0.25) is 0 Å². The highest BCUT2D eigenvalue weighted by molar-refractivity contribution is 9.10. The summed E-state index contributed by atoms with van der Waals surface area (Å²) in [5, 5.41) is 9.93. The Balaban J connectivity index is 2.46. The van der Waals surface area contributed by atoms with Crippen LogP contribution < -0.4 is 0 Å². The maximum absolute atomic E-state index is 13.5. The number of halogens is 5. The molecule has 0 aliphatic carbocycles. The molecule has 0 heterocycles. The Kier molecular flexibility index (Phi) is 3.91. The van der Waals surface area contributed by atoms with Gasteiger partial charge in [-0.05, 0) is 39.7 Å². The molecule has 1 N–H and O–H groups in total. The molecule has 0 radical (unpaired) electrons. The Labute approximate surface area is 114 Å². The average Bonchev–Trinajstić information content (AvgIpc) is 2.36. The maximum Gasteiger partial charge on any atom is 0.161 e. The predicted octanol–water partition coefficient (Wildman–Crippen LogP) is 4.09. The van der Waals surface area contributed by atoms with E-state index in [0.29, 0.717) is 12.1 Å². The van der Waals surface area contributed by atoms with Crippen LogP contribution in [0.4, 0.5) is 17.6 Å². The first-order valence-electron chi connectivity index (χ1n) is 5.17. The number of aliphatic hydroxyl groups is 1. The van der Waals surface area contributed by atoms with E-state index in [4.69, 9.17) is 0 Å². The standard InChI is InChI=1S/C13H7BrF4O/c14-8-3-6(1-2-9(8)15)13(19)7-4-11(17)12(18)5-10(7)16/h1-5,13,19H. The number of benzene rings is 2. The Hall–Kier alpha value is -1.40. The van der Waals surface area contributed by atoms with Crippen molar-refractivity contribution in [1.82, 2.24) is 0 Å². The molecule has 0 spiro atoms. The molecule has 1 unspecified atom stereocenters. The van der Waals surface area contributed by atoms with Gasteiger partial charge in [-0.25, -0.2) is 17.6 Å². The summed E-state index contributed by atoms with van der Waals surface area (Å²) in [6.45, 7) is 0. The summed E-state index contributed by atoms with van der Waals surface area (Å²) in [4.78, 5) is 0. The monoisotopic (exact) mass is 334 g/mol. The number of rotatable bonds is 2.